The van der Waals surface area contributed by atoms with E-state index in [0.717, 1.165) is 29.8 Å². The maximum atomic E-state index is 13.3. The molecule has 3 heterocycles. The molecule has 1 saturated heterocycles. The molecule has 1 aliphatic rings. The molecule has 0 unspecified atom stereocenters. The van der Waals surface area contributed by atoms with Crippen molar-refractivity contribution in [2.45, 2.75) is 25.2 Å². The van der Waals surface area contributed by atoms with Crippen LogP contribution < -0.4 is 4.74 Å². The zero-order valence-electron chi connectivity index (χ0n) is 19.2. The predicted octanol–water partition coefficient (Wildman–Crippen LogP) is 5.41. The number of carbonyl (C=O) groups is 1. The van der Waals surface area contributed by atoms with E-state index in [1.807, 2.05) is 23.1 Å². The van der Waals surface area contributed by atoms with Gasteiger partial charge in [-0.3, -0.25) is 9.78 Å². The van der Waals surface area contributed by atoms with Crippen LogP contribution in [0.5, 0.6) is 11.8 Å². The van der Waals surface area contributed by atoms with E-state index in [0.29, 0.717) is 30.8 Å². The van der Waals surface area contributed by atoms with Crippen LogP contribution in [-0.4, -0.2) is 38.8 Å². The Kier molecular flexibility index (Phi) is 6.75. The fourth-order valence-electron chi connectivity index (χ4n) is 4.36. The molecule has 35 heavy (non-hydrogen) atoms. The zero-order chi connectivity index (χ0) is 24.0. The summed E-state index contributed by atoms with van der Waals surface area (Å²) in [6.45, 7) is 1.32. The van der Waals surface area contributed by atoms with Crippen LogP contribution in [0.15, 0.2) is 85.2 Å². The standard InChI is InChI=1S/C28H25FN4O2/c29-23-12-10-20(11-13-23)17-24-7-2-9-26(32-24)22-6-3-16-33(19-22)27(34)21-5-1-8-25(18-21)35-28-30-14-4-15-31-28/h1-2,4-5,7-15,18,22H,3,6,16-17,19H2/t22-/m0/s1. The van der Waals surface area contributed by atoms with Crippen molar-refractivity contribution in [2.75, 3.05) is 13.1 Å². The van der Waals surface area contributed by atoms with Crippen molar-refractivity contribution in [1.29, 1.82) is 0 Å². The molecule has 0 spiro atoms. The largest absolute Gasteiger partial charge is 0.424 e. The number of rotatable bonds is 6. The van der Waals surface area contributed by atoms with Crippen LogP contribution in [0.4, 0.5) is 4.39 Å². The minimum atomic E-state index is -0.243. The summed E-state index contributed by atoms with van der Waals surface area (Å²) >= 11 is 0. The molecule has 2 aromatic heterocycles. The highest BCUT2D eigenvalue weighted by Crippen LogP contribution is 2.28. The molecule has 176 valence electrons. The third-order valence-corrected chi connectivity index (χ3v) is 6.09. The van der Waals surface area contributed by atoms with Crippen LogP contribution in [0, 0.1) is 5.82 Å². The highest BCUT2D eigenvalue weighted by Gasteiger charge is 2.26. The van der Waals surface area contributed by atoms with Gasteiger partial charge in [0, 0.05) is 54.8 Å². The molecule has 0 aliphatic carbocycles. The van der Waals surface area contributed by atoms with Gasteiger partial charge in [0.05, 0.1) is 0 Å². The fourth-order valence-corrected chi connectivity index (χ4v) is 4.36. The molecule has 7 heteroatoms. The first-order valence-electron chi connectivity index (χ1n) is 11.7. The third kappa shape index (κ3) is 5.69. The maximum absolute atomic E-state index is 13.3. The SMILES string of the molecule is O=C(c1cccc(Oc2ncccn2)c1)N1CCC[C@H](c2cccc(Cc3ccc(F)cc3)n2)C1. The van der Waals surface area contributed by atoms with Crippen LogP contribution >= 0.6 is 0 Å². The van der Waals surface area contributed by atoms with Gasteiger partial charge in [-0.25, -0.2) is 14.4 Å². The van der Waals surface area contributed by atoms with E-state index in [1.165, 1.54) is 12.1 Å². The lowest BCUT2D eigenvalue weighted by Crippen LogP contribution is -2.39. The first kappa shape index (κ1) is 22.7. The number of ether oxygens (including phenoxy) is 1. The number of aromatic nitrogens is 3. The molecule has 4 aromatic rings. The Balaban J connectivity index is 1.27. The van der Waals surface area contributed by atoms with Crippen molar-refractivity contribution >= 4 is 5.91 Å². The Morgan fingerprint density at radius 3 is 2.63 bits per heavy atom. The van der Waals surface area contributed by atoms with E-state index >= 15 is 0 Å². The molecule has 0 bridgehead atoms. The average molecular weight is 469 g/mol. The molecule has 1 amide bonds. The first-order chi connectivity index (χ1) is 17.1. The Morgan fingerprint density at radius 2 is 1.80 bits per heavy atom. The van der Waals surface area contributed by atoms with Gasteiger partial charge in [0.25, 0.3) is 5.91 Å². The smallest absolute Gasteiger partial charge is 0.321 e. The number of likely N-dealkylation sites (tertiary alicyclic amines) is 1. The van der Waals surface area contributed by atoms with E-state index in [4.69, 9.17) is 9.72 Å². The summed E-state index contributed by atoms with van der Waals surface area (Å²) in [4.78, 5) is 28.2. The number of amides is 1. The lowest BCUT2D eigenvalue weighted by atomic mass is 9.93. The summed E-state index contributed by atoms with van der Waals surface area (Å²) in [7, 11) is 0. The number of pyridine rings is 1. The van der Waals surface area contributed by atoms with Gasteiger partial charge < -0.3 is 9.64 Å². The number of halogens is 1. The number of benzene rings is 2. The van der Waals surface area contributed by atoms with Gasteiger partial charge in [-0.2, -0.15) is 0 Å². The van der Waals surface area contributed by atoms with E-state index in [9.17, 15) is 9.18 Å². The van der Waals surface area contributed by atoms with Crippen molar-refractivity contribution in [2.24, 2.45) is 0 Å². The molecule has 0 N–H and O–H groups in total. The number of nitrogens with zero attached hydrogens (tertiary/aromatic N) is 4. The zero-order valence-corrected chi connectivity index (χ0v) is 19.2. The molecular weight excluding hydrogens is 443 g/mol. The van der Waals surface area contributed by atoms with Gasteiger partial charge in [0.15, 0.2) is 0 Å². The molecule has 0 saturated carbocycles. The topological polar surface area (TPSA) is 68.2 Å². The number of hydrogen-bond acceptors (Lipinski definition) is 5. The number of hydrogen-bond donors (Lipinski definition) is 0. The molecular formula is C28H25FN4O2. The van der Waals surface area contributed by atoms with Crippen LogP contribution in [0.3, 0.4) is 0 Å². The summed E-state index contributed by atoms with van der Waals surface area (Å²) < 4.78 is 18.9. The highest BCUT2D eigenvalue weighted by molar-refractivity contribution is 5.94. The summed E-state index contributed by atoms with van der Waals surface area (Å²) in [6.07, 6.45) is 5.74. The minimum Gasteiger partial charge on any atom is -0.424 e. The number of piperidine rings is 1. The van der Waals surface area contributed by atoms with Crippen molar-refractivity contribution in [3.05, 3.63) is 114 Å². The first-order valence-corrected chi connectivity index (χ1v) is 11.7. The van der Waals surface area contributed by atoms with E-state index in [1.54, 1.807) is 54.9 Å². The molecule has 1 atom stereocenters. The van der Waals surface area contributed by atoms with Crippen LogP contribution in [0.2, 0.25) is 0 Å². The van der Waals surface area contributed by atoms with Crippen molar-refractivity contribution in [3.63, 3.8) is 0 Å². The molecule has 2 aromatic carbocycles. The van der Waals surface area contributed by atoms with Gasteiger partial charge in [0.2, 0.25) is 0 Å². The Labute approximate surface area is 203 Å². The van der Waals surface area contributed by atoms with Crippen molar-refractivity contribution < 1.29 is 13.9 Å². The lowest BCUT2D eigenvalue weighted by molar-refractivity contribution is 0.0705. The second kappa shape index (κ2) is 10.4. The molecule has 6 nitrogen and oxygen atoms in total. The maximum Gasteiger partial charge on any atom is 0.321 e. The van der Waals surface area contributed by atoms with Crippen LogP contribution in [-0.2, 0) is 6.42 Å². The van der Waals surface area contributed by atoms with E-state index in [-0.39, 0.29) is 23.7 Å². The normalized spacial score (nSPS) is 15.6. The summed E-state index contributed by atoms with van der Waals surface area (Å²) in [5.41, 5.74) is 3.50. The summed E-state index contributed by atoms with van der Waals surface area (Å²) in [6, 6.07) is 21.6. The van der Waals surface area contributed by atoms with E-state index < -0.39 is 0 Å². The second-order valence-electron chi connectivity index (χ2n) is 8.61. The quantitative estimate of drug-likeness (QED) is 0.378. The summed E-state index contributed by atoms with van der Waals surface area (Å²) in [5.74, 6) is 0.410. The van der Waals surface area contributed by atoms with E-state index in [2.05, 4.69) is 9.97 Å². The highest BCUT2D eigenvalue weighted by atomic mass is 19.1. The van der Waals surface area contributed by atoms with Crippen molar-refractivity contribution in [1.82, 2.24) is 19.9 Å². The van der Waals surface area contributed by atoms with Crippen LogP contribution in [0.25, 0.3) is 0 Å². The van der Waals surface area contributed by atoms with Gasteiger partial charge >= 0.3 is 6.01 Å². The predicted molar refractivity (Wildman–Crippen MR) is 130 cm³/mol. The molecule has 5 rings (SSSR count). The van der Waals surface area contributed by atoms with Gasteiger partial charge in [-0.05, 0) is 66.9 Å². The second-order valence-corrected chi connectivity index (χ2v) is 8.61. The molecule has 1 fully saturated rings. The average Bonchev–Trinajstić information content (AvgIpc) is 2.91. The molecule has 1 aliphatic heterocycles. The Bertz CT molecular complexity index is 1300. The van der Waals surface area contributed by atoms with Crippen LogP contribution in [0.1, 0.15) is 46.1 Å². The van der Waals surface area contributed by atoms with Gasteiger partial charge in [-0.1, -0.05) is 24.3 Å². The Morgan fingerprint density at radius 1 is 1.00 bits per heavy atom. The van der Waals surface area contributed by atoms with Crippen molar-refractivity contribution in [3.8, 4) is 11.8 Å². The monoisotopic (exact) mass is 468 g/mol. The van der Waals surface area contributed by atoms with Gasteiger partial charge in [-0.15, -0.1) is 0 Å². The van der Waals surface area contributed by atoms with Gasteiger partial charge in [0.1, 0.15) is 11.6 Å². The molecule has 0 radical (unpaired) electrons. The lowest BCUT2D eigenvalue weighted by Gasteiger charge is -2.32. The Hall–Kier alpha value is -4.13. The fraction of sp³-hybridized carbons (Fsp3) is 0.214. The minimum absolute atomic E-state index is 0.0309. The number of carbonyl (C=O) groups excluding carboxylic acids is 1. The summed E-state index contributed by atoms with van der Waals surface area (Å²) in [5, 5.41) is 0. The third-order valence-electron chi connectivity index (χ3n) is 6.09.